The lowest BCUT2D eigenvalue weighted by atomic mass is 10.4. The molecule has 2 rings (SSSR count). The molecule has 0 unspecified atom stereocenters. The Morgan fingerprint density at radius 2 is 2.29 bits per heavy atom. The van der Waals surface area contributed by atoms with Crippen molar-refractivity contribution in [2.24, 2.45) is 0 Å². The number of hydrogen-bond acceptors (Lipinski definition) is 4. The first-order chi connectivity index (χ1) is 6.84. The molecular weight excluding hydrogens is 216 g/mol. The smallest absolute Gasteiger partial charge is 0.304 e. The monoisotopic (exact) mass is 226 g/mol. The van der Waals surface area contributed by atoms with E-state index >= 15 is 0 Å². The third kappa shape index (κ3) is 2.54. The summed E-state index contributed by atoms with van der Waals surface area (Å²) in [5.74, 6) is 0. The molecule has 0 aliphatic heterocycles. The van der Waals surface area contributed by atoms with Crippen LogP contribution in [0.2, 0.25) is 0 Å². The van der Waals surface area contributed by atoms with Gasteiger partial charge >= 0.3 is 4.87 Å². The lowest BCUT2D eigenvalue weighted by molar-refractivity contribution is 0.688. The van der Waals surface area contributed by atoms with Gasteiger partial charge in [-0.1, -0.05) is 17.4 Å². The van der Waals surface area contributed by atoms with Crippen molar-refractivity contribution < 1.29 is 0 Å². The van der Waals surface area contributed by atoms with Crippen LogP contribution in [0, 0.1) is 0 Å². The van der Waals surface area contributed by atoms with Crippen LogP contribution in [0.15, 0.2) is 27.7 Å². The van der Waals surface area contributed by atoms with Gasteiger partial charge < -0.3 is 10.3 Å². The molecule has 0 atom stereocenters. The Balaban J connectivity index is 1.81. The maximum atomic E-state index is 10.8. The minimum Gasteiger partial charge on any atom is -0.315 e. The van der Waals surface area contributed by atoms with Crippen molar-refractivity contribution in [3.05, 3.63) is 43.1 Å². The first-order valence-corrected chi connectivity index (χ1v) is 6.00. The summed E-state index contributed by atoms with van der Waals surface area (Å²) in [5, 5.41) is 7.17. The van der Waals surface area contributed by atoms with E-state index in [-0.39, 0.29) is 4.87 Å². The second-order valence-corrected chi connectivity index (χ2v) is 4.73. The molecule has 0 aliphatic rings. The minimum atomic E-state index is 0.0120. The average molecular weight is 226 g/mol. The van der Waals surface area contributed by atoms with Crippen LogP contribution in [0.1, 0.15) is 10.6 Å². The summed E-state index contributed by atoms with van der Waals surface area (Å²) in [6, 6.07) is 4.13. The summed E-state index contributed by atoms with van der Waals surface area (Å²) in [6.07, 6.45) is 0. The Kier molecular flexibility index (Phi) is 3.13. The summed E-state index contributed by atoms with van der Waals surface area (Å²) in [6.45, 7) is 1.58. The summed E-state index contributed by atoms with van der Waals surface area (Å²) in [5.41, 5.74) is 0.955. The van der Waals surface area contributed by atoms with Gasteiger partial charge in [0.1, 0.15) is 0 Å². The van der Waals surface area contributed by atoms with Crippen LogP contribution in [0.4, 0.5) is 0 Å². The normalized spacial score (nSPS) is 10.6. The van der Waals surface area contributed by atoms with Gasteiger partial charge in [-0.3, -0.25) is 4.79 Å². The molecule has 2 aromatic rings. The van der Waals surface area contributed by atoms with E-state index in [1.165, 1.54) is 16.2 Å². The van der Waals surface area contributed by atoms with Crippen LogP contribution in [-0.4, -0.2) is 4.98 Å². The van der Waals surface area contributed by atoms with E-state index in [1.807, 2.05) is 11.4 Å². The van der Waals surface area contributed by atoms with E-state index in [1.54, 1.807) is 11.3 Å². The third-order valence-corrected chi connectivity index (χ3v) is 3.36. The van der Waals surface area contributed by atoms with E-state index in [0.29, 0.717) is 0 Å². The van der Waals surface area contributed by atoms with Gasteiger partial charge in [-0.15, -0.1) is 11.3 Å². The van der Waals surface area contributed by atoms with Crippen molar-refractivity contribution in [2.75, 3.05) is 0 Å². The van der Waals surface area contributed by atoms with Crippen molar-refractivity contribution in [1.29, 1.82) is 0 Å². The zero-order valence-corrected chi connectivity index (χ0v) is 9.08. The number of nitrogens with one attached hydrogen (secondary N) is 2. The number of H-pyrrole nitrogens is 1. The fourth-order valence-electron chi connectivity index (χ4n) is 1.13. The highest BCUT2D eigenvalue weighted by Gasteiger charge is 1.96. The maximum Gasteiger partial charge on any atom is 0.304 e. The van der Waals surface area contributed by atoms with E-state index < -0.39 is 0 Å². The molecule has 3 nitrogen and oxygen atoms in total. The first kappa shape index (κ1) is 9.64. The van der Waals surface area contributed by atoms with E-state index in [0.717, 1.165) is 18.8 Å². The molecule has 5 heteroatoms. The molecule has 0 aromatic carbocycles. The van der Waals surface area contributed by atoms with E-state index in [4.69, 9.17) is 0 Å². The zero-order valence-electron chi connectivity index (χ0n) is 7.45. The van der Waals surface area contributed by atoms with Crippen LogP contribution in [-0.2, 0) is 13.1 Å². The van der Waals surface area contributed by atoms with Gasteiger partial charge in [0.2, 0.25) is 0 Å². The van der Waals surface area contributed by atoms with E-state index in [9.17, 15) is 4.79 Å². The second-order valence-electron chi connectivity index (χ2n) is 2.86. The van der Waals surface area contributed by atoms with Crippen molar-refractivity contribution in [1.82, 2.24) is 10.3 Å². The molecule has 2 aromatic heterocycles. The fourth-order valence-corrected chi connectivity index (χ4v) is 2.39. The molecule has 0 spiro atoms. The van der Waals surface area contributed by atoms with Crippen LogP contribution < -0.4 is 10.2 Å². The van der Waals surface area contributed by atoms with Gasteiger partial charge in [0.05, 0.1) is 0 Å². The molecule has 2 N–H and O–H groups in total. The molecule has 0 fully saturated rings. The summed E-state index contributed by atoms with van der Waals surface area (Å²) in [4.78, 5) is 14.9. The van der Waals surface area contributed by atoms with Gasteiger partial charge in [-0.2, -0.15) is 0 Å². The Hall–Kier alpha value is -0.910. The third-order valence-electron chi connectivity index (χ3n) is 1.77. The number of aromatic amines is 1. The Labute approximate surface area is 89.4 Å². The zero-order chi connectivity index (χ0) is 9.80. The molecule has 0 saturated heterocycles. The highest BCUT2D eigenvalue weighted by molar-refractivity contribution is 7.09. The number of rotatable bonds is 4. The summed E-state index contributed by atoms with van der Waals surface area (Å²) >= 11 is 2.94. The predicted octanol–water partition coefficient (Wildman–Crippen LogP) is 1.79. The molecular formula is C9H10N2OS2. The van der Waals surface area contributed by atoms with Crippen molar-refractivity contribution in [3.63, 3.8) is 0 Å². The van der Waals surface area contributed by atoms with Crippen LogP contribution in [0.5, 0.6) is 0 Å². The van der Waals surface area contributed by atoms with Crippen molar-refractivity contribution in [2.45, 2.75) is 13.1 Å². The predicted molar refractivity (Wildman–Crippen MR) is 59.8 cm³/mol. The molecule has 14 heavy (non-hydrogen) atoms. The van der Waals surface area contributed by atoms with Gasteiger partial charge in [-0.05, 0) is 11.4 Å². The number of thiazole rings is 1. The van der Waals surface area contributed by atoms with E-state index in [2.05, 4.69) is 21.7 Å². The fraction of sp³-hybridized carbons (Fsp3) is 0.222. The van der Waals surface area contributed by atoms with Gasteiger partial charge in [0.15, 0.2) is 0 Å². The quantitative estimate of drug-likeness (QED) is 0.835. The average Bonchev–Trinajstić information content (AvgIpc) is 2.77. The number of aromatic nitrogens is 1. The Morgan fingerprint density at radius 3 is 2.93 bits per heavy atom. The molecule has 0 aliphatic carbocycles. The van der Waals surface area contributed by atoms with Crippen molar-refractivity contribution in [3.8, 4) is 0 Å². The van der Waals surface area contributed by atoms with Crippen LogP contribution in [0.25, 0.3) is 0 Å². The standard InChI is InChI=1S/C9H10N2OS2/c12-9-11-7(6-14-9)4-10-5-8-2-1-3-13-8/h1-3,6,10H,4-5H2,(H,11,12). The second kappa shape index (κ2) is 4.54. The molecule has 2 heterocycles. The first-order valence-electron chi connectivity index (χ1n) is 4.24. The number of hydrogen-bond donors (Lipinski definition) is 2. The molecule has 0 bridgehead atoms. The molecule has 0 saturated carbocycles. The van der Waals surface area contributed by atoms with Gasteiger partial charge in [0, 0.05) is 29.0 Å². The van der Waals surface area contributed by atoms with Gasteiger partial charge in [0.25, 0.3) is 0 Å². The highest BCUT2D eigenvalue weighted by Crippen LogP contribution is 2.07. The Morgan fingerprint density at radius 1 is 1.36 bits per heavy atom. The van der Waals surface area contributed by atoms with Gasteiger partial charge in [-0.25, -0.2) is 0 Å². The lowest BCUT2D eigenvalue weighted by Crippen LogP contribution is -2.12. The molecule has 0 radical (unpaired) electrons. The number of thiophene rings is 1. The molecule has 0 amide bonds. The topological polar surface area (TPSA) is 44.9 Å². The summed E-state index contributed by atoms with van der Waals surface area (Å²) in [7, 11) is 0. The molecule has 74 valence electrons. The summed E-state index contributed by atoms with van der Waals surface area (Å²) < 4.78 is 0. The Bertz CT molecular complexity index is 430. The minimum absolute atomic E-state index is 0.0120. The SMILES string of the molecule is O=c1[nH]c(CNCc2cccs2)cs1. The maximum absolute atomic E-state index is 10.8. The largest absolute Gasteiger partial charge is 0.315 e. The lowest BCUT2D eigenvalue weighted by Gasteiger charge is -1.99. The highest BCUT2D eigenvalue weighted by atomic mass is 32.1. The van der Waals surface area contributed by atoms with Crippen LogP contribution >= 0.6 is 22.7 Å². The van der Waals surface area contributed by atoms with Crippen LogP contribution in [0.3, 0.4) is 0 Å². The van der Waals surface area contributed by atoms with Crippen molar-refractivity contribution >= 4 is 22.7 Å².